The molecule has 38 heavy (non-hydrogen) atoms. The first kappa shape index (κ1) is 28.2. The third-order valence-electron chi connectivity index (χ3n) is 5.93. The molecule has 4 rings (SSSR count). The maximum Gasteiger partial charge on any atom is 0.293 e. The summed E-state index contributed by atoms with van der Waals surface area (Å²) in [5, 5.41) is -0.105. The Kier molecular flexibility index (Phi) is 9.18. The van der Waals surface area contributed by atoms with Crippen LogP contribution >= 0.6 is 39.3 Å². The van der Waals surface area contributed by atoms with Crippen LogP contribution in [0.3, 0.4) is 0 Å². The molecule has 0 aromatic heterocycles. The zero-order valence-corrected chi connectivity index (χ0v) is 24.3. The first-order chi connectivity index (χ1) is 18.1. The topological polar surface area (TPSA) is 55.8 Å². The van der Waals surface area contributed by atoms with Gasteiger partial charge in [-0.2, -0.15) is 0 Å². The Morgan fingerprint density at radius 2 is 1.87 bits per heavy atom. The Labute approximate surface area is 239 Å². The second-order valence-electron chi connectivity index (χ2n) is 9.05. The number of hydrogen-bond donors (Lipinski definition) is 0. The average molecular weight is 619 g/mol. The van der Waals surface area contributed by atoms with Crippen molar-refractivity contribution in [1.82, 2.24) is 4.90 Å². The van der Waals surface area contributed by atoms with Crippen LogP contribution in [0.1, 0.15) is 42.0 Å². The highest BCUT2D eigenvalue weighted by Gasteiger charge is 2.35. The fourth-order valence-corrected chi connectivity index (χ4v) is 5.36. The van der Waals surface area contributed by atoms with Gasteiger partial charge in [0.2, 0.25) is 0 Å². The van der Waals surface area contributed by atoms with Crippen LogP contribution in [0, 0.1) is 12.7 Å². The lowest BCUT2D eigenvalue weighted by atomic mass is 10.0. The van der Waals surface area contributed by atoms with E-state index in [0.717, 1.165) is 33.1 Å². The van der Waals surface area contributed by atoms with E-state index < -0.39 is 11.7 Å². The molecule has 0 unspecified atom stereocenters. The summed E-state index contributed by atoms with van der Waals surface area (Å²) in [6, 6.07) is 15.7. The predicted molar refractivity (Wildman–Crippen MR) is 153 cm³/mol. The van der Waals surface area contributed by atoms with Crippen molar-refractivity contribution in [2.24, 2.45) is 0 Å². The molecule has 1 fully saturated rings. The maximum atomic E-state index is 14.2. The molecule has 9 heteroatoms. The summed E-state index contributed by atoms with van der Waals surface area (Å²) in [6.45, 7) is 6.38. The van der Waals surface area contributed by atoms with Crippen molar-refractivity contribution < 1.29 is 23.5 Å². The number of benzene rings is 3. The Morgan fingerprint density at radius 3 is 2.61 bits per heavy atom. The normalized spacial score (nSPS) is 14.6. The third kappa shape index (κ3) is 6.60. The van der Waals surface area contributed by atoms with E-state index in [4.69, 9.17) is 21.1 Å². The van der Waals surface area contributed by atoms with Gasteiger partial charge >= 0.3 is 0 Å². The second kappa shape index (κ2) is 12.4. The molecule has 198 valence electrons. The quantitative estimate of drug-likeness (QED) is 0.226. The highest BCUT2D eigenvalue weighted by atomic mass is 79.9. The lowest BCUT2D eigenvalue weighted by Crippen LogP contribution is -2.32. The molecule has 3 aromatic carbocycles. The van der Waals surface area contributed by atoms with Gasteiger partial charge < -0.3 is 9.47 Å². The molecule has 0 spiro atoms. The standard InChI is InChI=1S/C29H26BrClFNO4S/c1-17(2)21-9-7-18(3)13-26(21)36-12-11-33-28(34)27(38-29(33)35)15-19-14-20(30)8-10-25(19)37-16-22-23(31)5-4-6-24(22)32/h4-10,13-15,17H,11-12,16H2,1-3H3/b27-15-. The number of aryl methyl sites for hydroxylation is 1. The van der Waals surface area contributed by atoms with Crippen LogP contribution in [0.4, 0.5) is 9.18 Å². The number of nitrogens with zero attached hydrogens (tertiary/aromatic N) is 1. The van der Waals surface area contributed by atoms with E-state index in [-0.39, 0.29) is 46.4 Å². The van der Waals surface area contributed by atoms with Crippen LogP contribution in [0.5, 0.6) is 11.5 Å². The van der Waals surface area contributed by atoms with E-state index in [9.17, 15) is 14.0 Å². The summed E-state index contributed by atoms with van der Waals surface area (Å²) in [7, 11) is 0. The van der Waals surface area contributed by atoms with Crippen LogP contribution in [0.25, 0.3) is 6.08 Å². The molecule has 1 aliphatic rings. The van der Waals surface area contributed by atoms with Gasteiger partial charge in [-0.1, -0.05) is 59.6 Å². The van der Waals surface area contributed by atoms with Crippen molar-refractivity contribution >= 4 is 56.5 Å². The third-order valence-corrected chi connectivity index (χ3v) is 7.68. The summed E-state index contributed by atoms with van der Waals surface area (Å²) in [5.41, 5.74) is 2.94. The lowest BCUT2D eigenvalue weighted by molar-refractivity contribution is -0.123. The summed E-state index contributed by atoms with van der Waals surface area (Å²) < 4.78 is 26.8. The van der Waals surface area contributed by atoms with Crippen molar-refractivity contribution in [3.63, 3.8) is 0 Å². The van der Waals surface area contributed by atoms with Crippen LogP contribution in [-0.2, 0) is 11.4 Å². The smallest absolute Gasteiger partial charge is 0.293 e. The van der Waals surface area contributed by atoms with E-state index in [1.54, 1.807) is 30.3 Å². The Hall–Kier alpha value is -2.81. The minimum absolute atomic E-state index is 0.0931. The fourth-order valence-electron chi connectivity index (χ4n) is 3.91. The molecular weight excluding hydrogens is 593 g/mol. The van der Waals surface area contributed by atoms with Crippen LogP contribution in [0.15, 0.2) is 64.0 Å². The number of amides is 2. The van der Waals surface area contributed by atoms with Gasteiger partial charge in [0, 0.05) is 15.6 Å². The van der Waals surface area contributed by atoms with Crippen molar-refractivity contribution in [3.05, 3.63) is 97.1 Å². The Balaban J connectivity index is 1.47. The van der Waals surface area contributed by atoms with E-state index in [1.165, 1.54) is 17.0 Å². The SMILES string of the molecule is Cc1ccc(C(C)C)c(OCCN2C(=O)S/C(=C\c3cc(Br)ccc3OCc3c(F)cccc3Cl)C2=O)c1. The number of carbonyl (C=O) groups excluding carboxylic acids is 2. The summed E-state index contributed by atoms with van der Waals surface area (Å²) in [4.78, 5) is 27.2. The molecule has 1 saturated heterocycles. The Bertz CT molecular complexity index is 1390. The second-order valence-corrected chi connectivity index (χ2v) is 11.4. The van der Waals surface area contributed by atoms with Gasteiger partial charge in [0.25, 0.3) is 11.1 Å². The number of rotatable bonds is 9. The molecule has 0 saturated carbocycles. The van der Waals surface area contributed by atoms with E-state index in [0.29, 0.717) is 11.3 Å². The van der Waals surface area contributed by atoms with Gasteiger partial charge in [0.1, 0.15) is 30.5 Å². The number of carbonyl (C=O) groups is 2. The summed E-state index contributed by atoms with van der Waals surface area (Å²) >= 11 is 10.4. The van der Waals surface area contributed by atoms with E-state index in [1.807, 2.05) is 25.1 Å². The van der Waals surface area contributed by atoms with Gasteiger partial charge in [-0.25, -0.2) is 4.39 Å². The van der Waals surface area contributed by atoms with Gasteiger partial charge in [-0.05, 0) is 78.2 Å². The van der Waals surface area contributed by atoms with Crippen molar-refractivity contribution in [1.29, 1.82) is 0 Å². The average Bonchev–Trinajstić information content (AvgIpc) is 3.12. The number of thioether (sulfide) groups is 1. The monoisotopic (exact) mass is 617 g/mol. The first-order valence-corrected chi connectivity index (χ1v) is 14.0. The zero-order chi connectivity index (χ0) is 27.4. The van der Waals surface area contributed by atoms with Crippen molar-refractivity contribution in [3.8, 4) is 11.5 Å². The van der Waals surface area contributed by atoms with Gasteiger partial charge in [0.05, 0.1) is 16.5 Å². The zero-order valence-electron chi connectivity index (χ0n) is 21.1. The molecule has 0 radical (unpaired) electrons. The highest BCUT2D eigenvalue weighted by molar-refractivity contribution is 9.10. The van der Waals surface area contributed by atoms with Gasteiger partial charge in [-0.3, -0.25) is 14.5 Å². The number of imide groups is 1. The van der Waals surface area contributed by atoms with Crippen molar-refractivity contribution in [2.45, 2.75) is 33.3 Å². The van der Waals surface area contributed by atoms with E-state index in [2.05, 4.69) is 29.8 Å². The van der Waals surface area contributed by atoms with E-state index >= 15 is 0 Å². The molecule has 2 amide bonds. The van der Waals surface area contributed by atoms with Crippen LogP contribution < -0.4 is 9.47 Å². The molecule has 1 heterocycles. The van der Waals surface area contributed by atoms with Gasteiger partial charge in [0.15, 0.2) is 0 Å². The van der Waals surface area contributed by atoms with Crippen molar-refractivity contribution in [2.75, 3.05) is 13.2 Å². The largest absolute Gasteiger partial charge is 0.491 e. The maximum absolute atomic E-state index is 14.2. The highest BCUT2D eigenvalue weighted by Crippen LogP contribution is 2.35. The lowest BCUT2D eigenvalue weighted by Gasteiger charge is -2.17. The Morgan fingerprint density at radius 1 is 1.08 bits per heavy atom. The molecule has 5 nitrogen and oxygen atoms in total. The fraction of sp³-hybridized carbons (Fsp3) is 0.241. The molecule has 0 N–H and O–H groups in total. The molecule has 3 aromatic rings. The summed E-state index contributed by atoms with van der Waals surface area (Å²) in [5.74, 6) is 0.587. The molecule has 1 aliphatic heterocycles. The minimum Gasteiger partial charge on any atom is -0.491 e. The molecular formula is C29H26BrClFNO4S. The molecule has 0 atom stereocenters. The van der Waals surface area contributed by atoms with Gasteiger partial charge in [-0.15, -0.1) is 0 Å². The summed E-state index contributed by atoms with van der Waals surface area (Å²) in [6.07, 6.45) is 1.60. The van der Waals surface area contributed by atoms with Crippen LogP contribution in [-0.4, -0.2) is 29.2 Å². The number of hydrogen-bond acceptors (Lipinski definition) is 5. The predicted octanol–water partition coefficient (Wildman–Crippen LogP) is 8.37. The first-order valence-electron chi connectivity index (χ1n) is 12.0. The van der Waals surface area contributed by atoms with Crippen LogP contribution in [0.2, 0.25) is 5.02 Å². The molecule has 0 bridgehead atoms. The number of ether oxygens (including phenoxy) is 2. The molecule has 0 aliphatic carbocycles. The minimum atomic E-state index is -0.467. The number of halogens is 3.